The van der Waals surface area contributed by atoms with Gasteiger partial charge in [0.15, 0.2) is 5.78 Å². The topological polar surface area (TPSA) is 162 Å². The van der Waals surface area contributed by atoms with Gasteiger partial charge in [0, 0.05) is 36.8 Å². The van der Waals surface area contributed by atoms with Crippen molar-refractivity contribution >= 4 is 29.5 Å². The van der Waals surface area contributed by atoms with Crippen LogP contribution in [0.2, 0.25) is 0 Å². The lowest BCUT2D eigenvalue weighted by Crippen LogP contribution is -2.50. The highest BCUT2D eigenvalue weighted by Crippen LogP contribution is 2.21. The molecule has 10 heteroatoms. The number of hydrogen-bond donors (Lipinski definition) is 5. The normalized spacial score (nSPS) is 13.2. The molecule has 0 fully saturated rings. The second-order valence-corrected chi connectivity index (χ2v) is 14.5. The Morgan fingerprint density at radius 1 is 0.556 bits per heavy atom. The van der Waals surface area contributed by atoms with Gasteiger partial charge in [-0.05, 0) is 59.3 Å². The number of unbranched alkanes of at least 4 members (excludes halogenated alkanes) is 12. The zero-order chi connectivity index (χ0) is 34.3. The lowest BCUT2D eigenvalue weighted by Gasteiger charge is -2.31. The van der Waals surface area contributed by atoms with Crippen LogP contribution in [-0.4, -0.2) is 63.9 Å². The summed E-state index contributed by atoms with van der Waals surface area (Å²) in [5, 5.41) is 27.0. The first kappa shape index (κ1) is 42.5. The Hall–Kier alpha value is -2.49. The fourth-order valence-electron chi connectivity index (χ4n) is 5.23. The maximum Gasteiger partial charge on any atom is 0.326 e. The second-order valence-electron chi connectivity index (χ2n) is 14.5. The maximum atomic E-state index is 12.9. The average molecular weight is 640 g/mol. The Labute approximate surface area is 272 Å². The third-order valence-electron chi connectivity index (χ3n) is 7.74. The summed E-state index contributed by atoms with van der Waals surface area (Å²) in [6.45, 7) is 12.3. The van der Waals surface area contributed by atoms with Crippen molar-refractivity contribution < 1.29 is 34.2 Å². The van der Waals surface area contributed by atoms with Crippen LogP contribution in [0.15, 0.2) is 0 Å². The highest BCUT2D eigenvalue weighted by atomic mass is 16.4. The number of ketones is 1. The summed E-state index contributed by atoms with van der Waals surface area (Å²) in [4.78, 5) is 59.6. The van der Waals surface area contributed by atoms with Crippen LogP contribution in [0.1, 0.15) is 164 Å². The van der Waals surface area contributed by atoms with Crippen LogP contribution in [0, 0.1) is 5.41 Å². The molecule has 0 heterocycles. The van der Waals surface area contributed by atoms with Crippen molar-refractivity contribution in [2.75, 3.05) is 6.54 Å². The summed E-state index contributed by atoms with van der Waals surface area (Å²) in [5.74, 6) is -2.23. The first-order valence-electron chi connectivity index (χ1n) is 17.4. The SMILES string of the molecule is CC(C)(C)NC(CCCCNC(=O)CCC(NC(=O)CCCCCCCCCCCCCCC(=O)O)C(=O)O)C(=O)C(C)(C)C. The van der Waals surface area contributed by atoms with Gasteiger partial charge in [-0.15, -0.1) is 0 Å². The van der Waals surface area contributed by atoms with Crippen LogP contribution in [-0.2, 0) is 24.0 Å². The van der Waals surface area contributed by atoms with E-state index in [9.17, 15) is 29.1 Å². The third-order valence-corrected chi connectivity index (χ3v) is 7.74. The number of carboxylic acid groups (broad SMARTS) is 2. The van der Waals surface area contributed by atoms with Gasteiger partial charge >= 0.3 is 11.9 Å². The summed E-state index contributed by atoms with van der Waals surface area (Å²) in [7, 11) is 0. The Balaban J connectivity index is 4.06. The van der Waals surface area contributed by atoms with Gasteiger partial charge in [0.1, 0.15) is 6.04 Å². The molecule has 10 nitrogen and oxygen atoms in total. The predicted molar refractivity (Wildman–Crippen MR) is 179 cm³/mol. The van der Waals surface area contributed by atoms with Crippen molar-refractivity contribution in [3.63, 3.8) is 0 Å². The van der Waals surface area contributed by atoms with E-state index in [1.165, 1.54) is 25.7 Å². The minimum Gasteiger partial charge on any atom is -0.481 e. The van der Waals surface area contributed by atoms with Crippen molar-refractivity contribution in [2.45, 2.75) is 181 Å². The number of rotatable bonds is 27. The van der Waals surface area contributed by atoms with Crippen LogP contribution in [0.3, 0.4) is 0 Å². The van der Waals surface area contributed by atoms with Crippen LogP contribution in [0.5, 0.6) is 0 Å². The molecule has 0 radical (unpaired) electrons. The number of nitrogens with one attached hydrogen (secondary N) is 3. The molecule has 262 valence electrons. The van der Waals surface area contributed by atoms with E-state index in [0.717, 1.165) is 51.4 Å². The second kappa shape index (κ2) is 23.8. The smallest absolute Gasteiger partial charge is 0.326 e. The third kappa shape index (κ3) is 25.4. The monoisotopic (exact) mass is 639 g/mol. The highest BCUT2D eigenvalue weighted by Gasteiger charge is 2.31. The molecule has 0 spiro atoms. The number of carbonyl (C=O) groups is 5. The van der Waals surface area contributed by atoms with E-state index in [1.54, 1.807) is 0 Å². The van der Waals surface area contributed by atoms with Crippen molar-refractivity contribution in [1.29, 1.82) is 0 Å². The predicted octanol–water partition coefficient (Wildman–Crippen LogP) is 6.54. The van der Waals surface area contributed by atoms with Gasteiger partial charge in [-0.25, -0.2) is 4.79 Å². The lowest BCUT2D eigenvalue weighted by atomic mass is 9.84. The van der Waals surface area contributed by atoms with E-state index < -0.39 is 23.4 Å². The Morgan fingerprint density at radius 3 is 1.49 bits per heavy atom. The standard InChI is InChI=1S/C35H65N3O7/c1-34(2,3)32(43)27(38-35(4,5)6)21-19-20-26-36-29(39)25-24-28(33(44)45)37-30(40)22-17-15-13-11-9-7-8-10-12-14-16-18-23-31(41)42/h27-28,38H,7-26H2,1-6H3,(H,36,39)(H,37,40)(H,41,42)(H,44,45). The quantitative estimate of drug-likeness (QED) is 0.0633. The van der Waals surface area contributed by atoms with Gasteiger partial charge in [-0.2, -0.15) is 0 Å². The number of carboxylic acids is 2. The molecule has 2 amide bonds. The maximum absolute atomic E-state index is 12.9. The molecular formula is C35H65N3O7. The Morgan fingerprint density at radius 2 is 1.04 bits per heavy atom. The zero-order valence-electron chi connectivity index (χ0n) is 29.2. The fraction of sp³-hybridized carbons (Fsp3) is 0.857. The molecule has 5 N–H and O–H groups in total. The molecule has 0 aromatic carbocycles. The number of Topliss-reactive ketones (excluding diaryl/α,β-unsaturated/α-hetero) is 1. The van der Waals surface area contributed by atoms with E-state index in [2.05, 4.69) is 16.0 Å². The largest absolute Gasteiger partial charge is 0.481 e. The minimum atomic E-state index is -1.14. The van der Waals surface area contributed by atoms with Crippen LogP contribution in [0.25, 0.3) is 0 Å². The Kier molecular flexibility index (Phi) is 22.5. The van der Waals surface area contributed by atoms with Gasteiger partial charge in [0.2, 0.25) is 11.8 Å². The van der Waals surface area contributed by atoms with E-state index >= 15 is 0 Å². The molecule has 45 heavy (non-hydrogen) atoms. The molecule has 0 aliphatic carbocycles. The van der Waals surface area contributed by atoms with Crippen molar-refractivity contribution in [2.24, 2.45) is 5.41 Å². The van der Waals surface area contributed by atoms with E-state index in [0.29, 0.717) is 25.8 Å². The summed E-state index contributed by atoms with van der Waals surface area (Å²) < 4.78 is 0. The summed E-state index contributed by atoms with van der Waals surface area (Å²) in [6.07, 6.45) is 15.3. The number of aliphatic carboxylic acids is 2. The van der Waals surface area contributed by atoms with Crippen LogP contribution >= 0.6 is 0 Å². The van der Waals surface area contributed by atoms with E-state index in [-0.39, 0.29) is 54.9 Å². The number of amides is 2. The molecule has 0 bridgehead atoms. The van der Waals surface area contributed by atoms with Crippen molar-refractivity contribution in [3.05, 3.63) is 0 Å². The van der Waals surface area contributed by atoms with Crippen LogP contribution in [0.4, 0.5) is 0 Å². The molecule has 2 atom stereocenters. The fourth-order valence-corrected chi connectivity index (χ4v) is 5.23. The van der Waals surface area contributed by atoms with Gasteiger partial charge in [-0.1, -0.05) is 85.0 Å². The first-order chi connectivity index (χ1) is 21.0. The Bertz CT molecular complexity index is 877. The zero-order valence-corrected chi connectivity index (χ0v) is 29.2. The van der Waals surface area contributed by atoms with Gasteiger partial charge in [0.05, 0.1) is 6.04 Å². The average Bonchev–Trinajstić information content (AvgIpc) is 2.92. The van der Waals surface area contributed by atoms with E-state index in [4.69, 9.17) is 5.11 Å². The molecular weight excluding hydrogens is 574 g/mol. The lowest BCUT2D eigenvalue weighted by molar-refractivity contribution is -0.142. The van der Waals surface area contributed by atoms with Gasteiger partial charge in [-0.3, -0.25) is 19.2 Å². The summed E-state index contributed by atoms with van der Waals surface area (Å²) in [5.41, 5.74) is -0.632. The van der Waals surface area contributed by atoms with Gasteiger partial charge in [0.25, 0.3) is 0 Å². The van der Waals surface area contributed by atoms with Crippen LogP contribution < -0.4 is 16.0 Å². The first-order valence-corrected chi connectivity index (χ1v) is 17.4. The molecule has 0 aliphatic rings. The summed E-state index contributed by atoms with van der Waals surface area (Å²) >= 11 is 0. The van der Waals surface area contributed by atoms with E-state index in [1.807, 2.05) is 41.5 Å². The number of carbonyl (C=O) groups excluding carboxylic acids is 3. The molecule has 0 saturated carbocycles. The molecule has 0 aliphatic heterocycles. The minimum absolute atomic E-state index is 0.0126. The molecule has 0 saturated heterocycles. The molecule has 2 unspecified atom stereocenters. The van der Waals surface area contributed by atoms with Crippen molar-refractivity contribution in [3.8, 4) is 0 Å². The highest BCUT2D eigenvalue weighted by molar-refractivity contribution is 5.88. The number of hydrogen-bond acceptors (Lipinski definition) is 6. The summed E-state index contributed by atoms with van der Waals surface area (Å²) in [6, 6.07) is -1.34. The van der Waals surface area contributed by atoms with Crippen molar-refractivity contribution in [1.82, 2.24) is 16.0 Å². The molecule has 0 aromatic rings. The molecule has 0 aromatic heterocycles. The molecule has 0 rings (SSSR count). The van der Waals surface area contributed by atoms with Gasteiger partial charge < -0.3 is 26.2 Å².